The van der Waals surface area contributed by atoms with Crippen molar-refractivity contribution in [3.05, 3.63) is 0 Å². The number of ether oxygens (including phenoxy) is 1. The van der Waals surface area contributed by atoms with Gasteiger partial charge < -0.3 is 10.1 Å². The van der Waals surface area contributed by atoms with Gasteiger partial charge in [-0.1, -0.05) is 20.3 Å². The average molecular weight is 223 g/mol. The van der Waals surface area contributed by atoms with Gasteiger partial charge in [0.25, 0.3) is 0 Å². The summed E-state index contributed by atoms with van der Waals surface area (Å²) in [6.45, 7) is 4.84. The molecular formula is C14H25NO. The summed E-state index contributed by atoms with van der Waals surface area (Å²) < 4.78 is 5.93. The van der Waals surface area contributed by atoms with Gasteiger partial charge in [-0.05, 0) is 43.9 Å². The van der Waals surface area contributed by atoms with E-state index in [0.717, 1.165) is 17.9 Å². The van der Waals surface area contributed by atoms with Crippen LogP contribution in [0, 0.1) is 11.8 Å². The summed E-state index contributed by atoms with van der Waals surface area (Å²) in [6.07, 6.45) is 9.21. The van der Waals surface area contributed by atoms with Crippen molar-refractivity contribution >= 4 is 0 Å². The molecule has 2 aliphatic heterocycles. The number of hydrogen-bond donors (Lipinski definition) is 1. The van der Waals surface area contributed by atoms with Gasteiger partial charge in [0.15, 0.2) is 0 Å². The Morgan fingerprint density at radius 1 is 1.00 bits per heavy atom. The number of fused-ring (bicyclic) bond motifs is 2. The molecule has 92 valence electrons. The molecule has 2 nitrogen and oxygen atoms in total. The maximum Gasteiger partial charge on any atom is 0.0733 e. The Kier molecular flexibility index (Phi) is 2.97. The normalized spacial score (nSPS) is 52.1. The lowest BCUT2D eigenvalue weighted by atomic mass is 9.78. The Bertz CT molecular complexity index is 245. The molecule has 2 bridgehead atoms. The molecule has 2 heteroatoms. The average Bonchev–Trinajstić information content (AvgIpc) is 2.85. The first-order chi connectivity index (χ1) is 7.74. The highest BCUT2D eigenvalue weighted by atomic mass is 16.5. The second-order valence-electron chi connectivity index (χ2n) is 6.29. The van der Waals surface area contributed by atoms with Crippen LogP contribution in [0.4, 0.5) is 0 Å². The summed E-state index contributed by atoms with van der Waals surface area (Å²) in [5.74, 6) is 1.70. The molecule has 3 rings (SSSR count). The van der Waals surface area contributed by atoms with E-state index in [9.17, 15) is 0 Å². The molecule has 2 saturated heterocycles. The predicted octanol–water partition coefficient (Wildman–Crippen LogP) is 2.72. The summed E-state index contributed by atoms with van der Waals surface area (Å²) in [7, 11) is 0. The van der Waals surface area contributed by atoms with Crippen molar-refractivity contribution in [2.45, 2.75) is 76.7 Å². The molecule has 5 atom stereocenters. The zero-order valence-electron chi connectivity index (χ0n) is 10.6. The van der Waals surface area contributed by atoms with E-state index in [1.165, 1.54) is 38.5 Å². The van der Waals surface area contributed by atoms with Crippen LogP contribution in [0.2, 0.25) is 0 Å². The lowest BCUT2D eigenvalue weighted by Crippen LogP contribution is -2.50. The molecule has 0 aromatic rings. The molecule has 5 unspecified atom stereocenters. The summed E-state index contributed by atoms with van der Waals surface area (Å²) in [5.41, 5.74) is 0. The molecule has 0 aromatic carbocycles. The zero-order valence-corrected chi connectivity index (χ0v) is 10.6. The van der Waals surface area contributed by atoms with Gasteiger partial charge in [-0.2, -0.15) is 0 Å². The molecule has 16 heavy (non-hydrogen) atoms. The van der Waals surface area contributed by atoms with Crippen LogP contribution in [0.15, 0.2) is 0 Å². The van der Waals surface area contributed by atoms with Crippen LogP contribution in [0.25, 0.3) is 0 Å². The van der Waals surface area contributed by atoms with E-state index in [1.54, 1.807) is 0 Å². The van der Waals surface area contributed by atoms with Crippen LogP contribution < -0.4 is 5.32 Å². The summed E-state index contributed by atoms with van der Waals surface area (Å²) in [5, 5.41) is 3.92. The highest BCUT2D eigenvalue weighted by Crippen LogP contribution is 2.36. The number of nitrogens with one attached hydrogen (secondary N) is 1. The van der Waals surface area contributed by atoms with Crippen molar-refractivity contribution in [3.63, 3.8) is 0 Å². The van der Waals surface area contributed by atoms with Crippen molar-refractivity contribution in [1.82, 2.24) is 5.32 Å². The minimum absolute atomic E-state index is 0.534. The fourth-order valence-corrected chi connectivity index (χ4v) is 4.07. The number of hydrogen-bond acceptors (Lipinski definition) is 2. The van der Waals surface area contributed by atoms with Crippen LogP contribution in [0.1, 0.15) is 52.4 Å². The van der Waals surface area contributed by atoms with E-state index in [-0.39, 0.29) is 0 Å². The third-order valence-corrected chi connectivity index (χ3v) is 5.06. The third kappa shape index (κ3) is 1.91. The summed E-state index contributed by atoms with van der Waals surface area (Å²) in [4.78, 5) is 0. The zero-order chi connectivity index (χ0) is 11.1. The van der Waals surface area contributed by atoms with Gasteiger partial charge in [-0.3, -0.25) is 0 Å². The molecule has 1 N–H and O–H groups in total. The van der Waals surface area contributed by atoms with Crippen LogP contribution in [0.5, 0.6) is 0 Å². The molecule has 1 saturated carbocycles. The quantitative estimate of drug-likeness (QED) is 0.777. The van der Waals surface area contributed by atoms with Crippen molar-refractivity contribution in [2.75, 3.05) is 0 Å². The molecule has 3 fully saturated rings. The van der Waals surface area contributed by atoms with Crippen LogP contribution in [0.3, 0.4) is 0 Å². The topological polar surface area (TPSA) is 21.3 Å². The van der Waals surface area contributed by atoms with E-state index < -0.39 is 0 Å². The van der Waals surface area contributed by atoms with E-state index in [4.69, 9.17) is 4.74 Å². The first kappa shape index (κ1) is 11.0. The Labute approximate surface area is 99.1 Å². The van der Waals surface area contributed by atoms with Gasteiger partial charge in [0.1, 0.15) is 0 Å². The van der Waals surface area contributed by atoms with Crippen molar-refractivity contribution in [2.24, 2.45) is 11.8 Å². The SMILES string of the molecule is CC1CCCC(C)C1NC1CC2CCC1O2. The highest BCUT2D eigenvalue weighted by Gasteiger charge is 2.42. The van der Waals surface area contributed by atoms with Gasteiger partial charge in [-0.15, -0.1) is 0 Å². The lowest BCUT2D eigenvalue weighted by Gasteiger charge is -2.38. The molecule has 0 radical (unpaired) electrons. The fourth-order valence-electron chi connectivity index (χ4n) is 4.07. The van der Waals surface area contributed by atoms with Gasteiger partial charge in [0.2, 0.25) is 0 Å². The minimum atomic E-state index is 0.534. The molecule has 0 aromatic heterocycles. The maximum atomic E-state index is 5.93. The van der Waals surface area contributed by atoms with E-state index in [2.05, 4.69) is 19.2 Å². The predicted molar refractivity (Wildman–Crippen MR) is 65.4 cm³/mol. The van der Waals surface area contributed by atoms with Crippen molar-refractivity contribution in [3.8, 4) is 0 Å². The first-order valence-corrected chi connectivity index (χ1v) is 7.15. The first-order valence-electron chi connectivity index (χ1n) is 7.15. The Balaban J connectivity index is 1.60. The molecule has 1 aliphatic carbocycles. The largest absolute Gasteiger partial charge is 0.373 e. The summed E-state index contributed by atoms with van der Waals surface area (Å²) in [6, 6.07) is 1.40. The molecule has 3 aliphatic rings. The minimum Gasteiger partial charge on any atom is -0.373 e. The van der Waals surface area contributed by atoms with Gasteiger partial charge in [0.05, 0.1) is 12.2 Å². The molecule has 0 amide bonds. The van der Waals surface area contributed by atoms with Crippen LogP contribution in [-0.4, -0.2) is 24.3 Å². The number of rotatable bonds is 2. The van der Waals surface area contributed by atoms with Gasteiger partial charge in [0, 0.05) is 12.1 Å². The van der Waals surface area contributed by atoms with Crippen LogP contribution >= 0.6 is 0 Å². The maximum absolute atomic E-state index is 5.93. The highest BCUT2D eigenvalue weighted by molar-refractivity contribution is 4.97. The standard InChI is InChI=1S/C14H25NO/c1-9-4-3-5-10(2)14(9)15-12-8-11-6-7-13(12)16-11/h9-15H,3-8H2,1-2H3. The van der Waals surface area contributed by atoms with Crippen LogP contribution in [-0.2, 0) is 4.74 Å². The van der Waals surface area contributed by atoms with Gasteiger partial charge in [-0.25, -0.2) is 0 Å². The monoisotopic (exact) mass is 223 g/mol. The Morgan fingerprint density at radius 3 is 2.31 bits per heavy atom. The fraction of sp³-hybridized carbons (Fsp3) is 1.00. The van der Waals surface area contributed by atoms with Gasteiger partial charge >= 0.3 is 0 Å². The third-order valence-electron chi connectivity index (χ3n) is 5.06. The molecule has 0 spiro atoms. The van der Waals surface area contributed by atoms with E-state index >= 15 is 0 Å². The van der Waals surface area contributed by atoms with Crippen molar-refractivity contribution < 1.29 is 4.74 Å². The smallest absolute Gasteiger partial charge is 0.0733 e. The van der Waals surface area contributed by atoms with E-state index in [0.29, 0.717) is 18.2 Å². The molecule has 2 heterocycles. The second-order valence-corrected chi connectivity index (χ2v) is 6.29. The Hall–Kier alpha value is -0.0800. The molecular weight excluding hydrogens is 198 g/mol. The summed E-state index contributed by atoms with van der Waals surface area (Å²) >= 11 is 0. The Morgan fingerprint density at radius 2 is 1.75 bits per heavy atom. The lowest BCUT2D eigenvalue weighted by molar-refractivity contribution is 0.0901. The second kappa shape index (κ2) is 4.30. The van der Waals surface area contributed by atoms with Crippen molar-refractivity contribution in [1.29, 1.82) is 0 Å². The van der Waals surface area contributed by atoms with E-state index in [1.807, 2.05) is 0 Å².